The maximum absolute atomic E-state index is 14.1. The monoisotopic (exact) mass is 424 g/mol. The fraction of sp³-hybridized carbons (Fsp3) is 0.174. The van der Waals surface area contributed by atoms with Crippen molar-refractivity contribution < 1.29 is 17.6 Å². The quantitative estimate of drug-likeness (QED) is 0.610. The lowest BCUT2D eigenvalue weighted by Gasteiger charge is -2.23. The van der Waals surface area contributed by atoms with E-state index < -0.39 is 10.0 Å². The van der Waals surface area contributed by atoms with E-state index in [-0.39, 0.29) is 29.2 Å². The number of carbonyl (C=O) groups is 1. The van der Waals surface area contributed by atoms with Crippen molar-refractivity contribution in [2.24, 2.45) is 0 Å². The van der Waals surface area contributed by atoms with Crippen LogP contribution in [-0.4, -0.2) is 25.3 Å². The number of hydrogen-bond acceptors (Lipinski definition) is 3. The highest BCUT2D eigenvalue weighted by Gasteiger charge is 2.33. The smallest absolute Gasteiger partial charge is 0.261 e. The Labute approximate surface area is 175 Å². The van der Waals surface area contributed by atoms with Crippen LogP contribution in [0.5, 0.6) is 0 Å². The molecule has 1 N–H and O–H groups in total. The van der Waals surface area contributed by atoms with Gasteiger partial charge in [0.1, 0.15) is 5.82 Å². The van der Waals surface area contributed by atoms with Gasteiger partial charge in [-0.1, -0.05) is 36.4 Å². The number of para-hydroxylation sites is 1. The summed E-state index contributed by atoms with van der Waals surface area (Å²) in [6.45, 7) is 0.186. The summed E-state index contributed by atoms with van der Waals surface area (Å²) in [6, 6.07) is 20.9. The van der Waals surface area contributed by atoms with Crippen LogP contribution in [0.2, 0.25) is 0 Å². The van der Waals surface area contributed by atoms with E-state index in [0.717, 1.165) is 12.8 Å². The van der Waals surface area contributed by atoms with Crippen molar-refractivity contribution in [2.45, 2.75) is 30.3 Å². The molecule has 0 bridgehead atoms. The maximum atomic E-state index is 14.1. The SMILES string of the molecule is O=C(c1ccc(S(=O)(=O)Nc2ccccc2)cc1)N(Cc1ccccc1F)C1CC1. The third-order valence-corrected chi connectivity index (χ3v) is 6.38. The molecule has 4 rings (SSSR count). The number of hydrogen-bond donors (Lipinski definition) is 1. The minimum atomic E-state index is -3.76. The summed E-state index contributed by atoms with van der Waals surface area (Å²) in [5.74, 6) is -0.579. The van der Waals surface area contributed by atoms with E-state index in [4.69, 9.17) is 0 Å². The summed E-state index contributed by atoms with van der Waals surface area (Å²) in [4.78, 5) is 14.8. The number of amides is 1. The van der Waals surface area contributed by atoms with E-state index in [0.29, 0.717) is 16.8 Å². The molecule has 1 fully saturated rings. The number of nitrogens with zero attached hydrogens (tertiary/aromatic N) is 1. The van der Waals surface area contributed by atoms with Gasteiger partial charge in [-0.15, -0.1) is 0 Å². The Hall–Kier alpha value is -3.19. The van der Waals surface area contributed by atoms with Crippen LogP contribution in [0.3, 0.4) is 0 Å². The Morgan fingerprint density at radius 3 is 2.20 bits per heavy atom. The summed E-state index contributed by atoms with van der Waals surface area (Å²) in [6.07, 6.45) is 1.77. The van der Waals surface area contributed by atoms with E-state index in [1.807, 2.05) is 0 Å². The number of rotatable bonds is 7. The maximum Gasteiger partial charge on any atom is 0.261 e. The molecule has 1 aliphatic rings. The highest BCUT2D eigenvalue weighted by atomic mass is 32.2. The van der Waals surface area contributed by atoms with Crippen LogP contribution in [0.15, 0.2) is 83.8 Å². The molecule has 0 spiro atoms. The van der Waals surface area contributed by atoms with Gasteiger partial charge >= 0.3 is 0 Å². The molecule has 7 heteroatoms. The van der Waals surface area contributed by atoms with Crippen LogP contribution in [0.1, 0.15) is 28.8 Å². The van der Waals surface area contributed by atoms with Gasteiger partial charge < -0.3 is 4.90 Å². The molecular weight excluding hydrogens is 403 g/mol. The molecule has 3 aromatic rings. The number of carbonyl (C=O) groups excluding carboxylic acids is 1. The molecule has 1 amide bonds. The summed E-state index contributed by atoms with van der Waals surface area (Å²) in [5.41, 5.74) is 1.29. The Morgan fingerprint density at radius 2 is 1.57 bits per heavy atom. The van der Waals surface area contributed by atoms with Crippen LogP contribution in [0, 0.1) is 5.82 Å². The highest BCUT2D eigenvalue weighted by Crippen LogP contribution is 2.30. The zero-order valence-electron chi connectivity index (χ0n) is 16.2. The van der Waals surface area contributed by atoms with E-state index in [2.05, 4.69) is 4.72 Å². The first-order chi connectivity index (χ1) is 14.4. The lowest BCUT2D eigenvalue weighted by molar-refractivity contribution is 0.0728. The molecular formula is C23H21FN2O3S. The first kappa shape index (κ1) is 20.1. The Kier molecular flexibility index (Phi) is 5.55. The van der Waals surface area contributed by atoms with Crippen molar-refractivity contribution >= 4 is 21.6 Å². The fourth-order valence-corrected chi connectivity index (χ4v) is 4.28. The van der Waals surface area contributed by atoms with Crippen LogP contribution >= 0.6 is 0 Å². The first-order valence-electron chi connectivity index (χ1n) is 9.66. The molecule has 1 saturated carbocycles. The summed E-state index contributed by atoms with van der Waals surface area (Å²) < 4.78 is 41.7. The Bertz CT molecular complexity index is 1140. The second-order valence-corrected chi connectivity index (χ2v) is 8.93. The number of sulfonamides is 1. The molecule has 154 valence electrons. The van der Waals surface area contributed by atoms with Crippen molar-refractivity contribution in [1.29, 1.82) is 0 Å². The average Bonchev–Trinajstić information content (AvgIpc) is 3.58. The number of anilines is 1. The zero-order chi connectivity index (χ0) is 21.1. The van der Waals surface area contributed by atoms with E-state index in [9.17, 15) is 17.6 Å². The predicted molar refractivity (Wildman–Crippen MR) is 113 cm³/mol. The molecule has 0 heterocycles. The third kappa shape index (κ3) is 4.52. The van der Waals surface area contributed by atoms with Crippen LogP contribution in [0.25, 0.3) is 0 Å². The van der Waals surface area contributed by atoms with Crippen LogP contribution in [-0.2, 0) is 16.6 Å². The fourth-order valence-electron chi connectivity index (χ4n) is 3.23. The van der Waals surface area contributed by atoms with Gasteiger partial charge in [-0.2, -0.15) is 0 Å². The zero-order valence-corrected chi connectivity index (χ0v) is 17.0. The number of nitrogens with one attached hydrogen (secondary N) is 1. The third-order valence-electron chi connectivity index (χ3n) is 4.98. The summed E-state index contributed by atoms with van der Waals surface area (Å²) in [7, 11) is -3.76. The average molecular weight is 424 g/mol. The summed E-state index contributed by atoms with van der Waals surface area (Å²) >= 11 is 0. The lowest BCUT2D eigenvalue weighted by atomic mass is 10.1. The van der Waals surface area contributed by atoms with E-state index in [1.165, 1.54) is 30.3 Å². The van der Waals surface area contributed by atoms with Crippen LogP contribution in [0.4, 0.5) is 10.1 Å². The number of benzene rings is 3. The van der Waals surface area contributed by atoms with Crippen molar-refractivity contribution in [3.8, 4) is 0 Å². The standard InChI is InChI=1S/C23H21FN2O3S/c24-22-9-5-4-6-18(22)16-26(20-12-13-20)23(27)17-10-14-21(15-11-17)30(28,29)25-19-7-2-1-3-8-19/h1-11,14-15,20,25H,12-13,16H2. The molecule has 5 nitrogen and oxygen atoms in total. The molecule has 1 aliphatic carbocycles. The van der Waals surface area contributed by atoms with Gasteiger partial charge in [0.2, 0.25) is 0 Å². The van der Waals surface area contributed by atoms with Gasteiger partial charge in [0.25, 0.3) is 15.9 Å². The van der Waals surface area contributed by atoms with Gasteiger partial charge in [-0.3, -0.25) is 9.52 Å². The molecule has 30 heavy (non-hydrogen) atoms. The molecule has 3 aromatic carbocycles. The largest absolute Gasteiger partial charge is 0.331 e. The molecule has 0 unspecified atom stereocenters. The van der Waals surface area contributed by atoms with Crippen molar-refractivity contribution in [2.75, 3.05) is 4.72 Å². The Morgan fingerprint density at radius 1 is 0.933 bits per heavy atom. The predicted octanol–water partition coefficient (Wildman–Crippen LogP) is 4.43. The molecule has 0 aliphatic heterocycles. The molecule has 0 radical (unpaired) electrons. The van der Waals surface area contributed by atoms with Crippen LogP contribution < -0.4 is 4.72 Å². The van der Waals surface area contributed by atoms with Gasteiger partial charge in [0.05, 0.1) is 4.90 Å². The second kappa shape index (κ2) is 8.28. The van der Waals surface area contributed by atoms with Gasteiger partial charge in [-0.25, -0.2) is 12.8 Å². The minimum Gasteiger partial charge on any atom is -0.331 e. The normalized spacial score (nSPS) is 13.6. The van der Waals surface area contributed by atoms with Crippen molar-refractivity contribution in [3.63, 3.8) is 0 Å². The minimum absolute atomic E-state index is 0.0648. The topological polar surface area (TPSA) is 66.5 Å². The second-order valence-electron chi connectivity index (χ2n) is 7.25. The van der Waals surface area contributed by atoms with Crippen molar-refractivity contribution in [1.82, 2.24) is 4.90 Å². The van der Waals surface area contributed by atoms with Gasteiger partial charge in [0.15, 0.2) is 0 Å². The van der Waals surface area contributed by atoms with Gasteiger partial charge in [-0.05, 0) is 55.3 Å². The molecule has 0 saturated heterocycles. The highest BCUT2D eigenvalue weighted by molar-refractivity contribution is 7.92. The lowest BCUT2D eigenvalue weighted by Crippen LogP contribution is -2.33. The van der Waals surface area contributed by atoms with E-state index >= 15 is 0 Å². The van der Waals surface area contributed by atoms with E-state index in [1.54, 1.807) is 53.4 Å². The van der Waals surface area contributed by atoms with Crippen molar-refractivity contribution in [3.05, 3.63) is 95.8 Å². The van der Waals surface area contributed by atoms with Gasteiger partial charge in [0, 0.05) is 29.4 Å². The first-order valence-corrected chi connectivity index (χ1v) is 11.1. The Balaban J connectivity index is 1.52. The molecule has 0 atom stereocenters. The molecule has 0 aromatic heterocycles. The summed E-state index contributed by atoms with van der Waals surface area (Å²) in [5, 5.41) is 0. The number of halogens is 1.